The number of nitrogens with zero attached hydrogens (tertiary/aromatic N) is 2. The zero-order valence-corrected chi connectivity index (χ0v) is 21.3. The smallest absolute Gasteiger partial charge is 0.318 e. The van der Waals surface area contributed by atoms with Crippen LogP contribution in [0.1, 0.15) is 69.0 Å². The summed E-state index contributed by atoms with van der Waals surface area (Å²) in [6.45, 7) is 11.9. The number of nitrogens with one attached hydrogen (secondary N) is 1. The number of carbonyl (C=O) groups is 2. The SMILES string of the molecule is CCNC(=O)N(CC(=O)N1CCc2sccc2C1COc1ccc(C(C)C)cc1)C(C)CC. The molecule has 0 spiro atoms. The fraction of sp³-hybridized carbons (Fsp3) is 0.538. The molecular weight excluding hydrogens is 434 g/mol. The lowest BCUT2D eigenvalue weighted by molar-refractivity contribution is -0.135. The predicted octanol–water partition coefficient (Wildman–Crippen LogP) is 5.21. The topological polar surface area (TPSA) is 61.9 Å². The minimum atomic E-state index is -0.188. The summed E-state index contributed by atoms with van der Waals surface area (Å²) in [4.78, 5) is 30.9. The first-order chi connectivity index (χ1) is 15.8. The van der Waals surface area contributed by atoms with Crippen molar-refractivity contribution in [3.05, 3.63) is 51.7 Å². The molecule has 33 heavy (non-hydrogen) atoms. The van der Waals surface area contributed by atoms with Gasteiger partial charge < -0.3 is 19.9 Å². The van der Waals surface area contributed by atoms with Gasteiger partial charge in [-0.15, -0.1) is 11.3 Å². The number of rotatable bonds is 9. The van der Waals surface area contributed by atoms with E-state index in [1.807, 2.05) is 37.8 Å². The normalized spacial score (nSPS) is 16.3. The number of thiophene rings is 1. The summed E-state index contributed by atoms with van der Waals surface area (Å²) in [5.74, 6) is 1.23. The van der Waals surface area contributed by atoms with Crippen LogP contribution in [-0.4, -0.2) is 54.0 Å². The van der Waals surface area contributed by atoms with E-state index in [4.69, 9.17) is 4.74 Å². The molecule has 1 aromatic carbocycles. The van der Waals surface area contributed by atoms with Gasteiger partial charge in [0.1, 0.15) is 18.9 Å². The van der Waals surface area contributed by atoms with E-state index in [0.29, 0.717) is 25.6 Å². The van der Waals surface area contributed by atoms with Gasteiger partial charge in [0.25, 0.3) is 0 Å². The Hall–Kier alpha value is -2.54. The fourth-order valence-electron chi connectivity index (χ4n) is 4.14. The number of urea groups is 1. The molecule has 7 heteroatoms. The van der Waals surface area contributed by atoms with Crippen LogP contribution in [0.5, 0.6) is 5.75 Å². The highest BCUT2D eigenvalue weighted by Gasteiger charge is 2.34. The Morgan fingerprint density at radius 2 is 1.91 bits per heavy atom. The Morgan fingerprint density at radius 3 is 2.55 bits per heavy atom. The third kappa shape index (κ3) is 6.08. The van der Waals surface area contributed by atoms with Gasteiger partial charge in [-0.3, -0.25) is 4.79 Å². The van der Waals surface area contributed by atoms with Crippen molar-refractivity contribution >= 4 is 23.3 Å². The molecular formula is C26H37N3O3S. The average molecular weight is 472 g/mol. The Balaban J connectivity index is 1.76. The fourth-order valence-corrected chi connectivity index (χ4v) is 5.06. The van der Waals surface area contributed by atoms with Crippen molar-refractivity contribution in [3.63, 3.8) is 0 Å². The average Bonchev–Trinajstić information content (AvgIpc) is 3.29. The standard InChI is InChI=1S/C26H37N3O3S/c1-6-19(5)29(26(31)27-7-2)16-25(30)28-14-12-24-22(13-15-33-24)23(28)17-32-21-10-8-20(9-11-21)18(3)4/h8-11,13,15,18-19,23H,6-7,12,14,16-17H2,1-5H3,(H,27,31). The molecule has 0 bridgehead atoms. The van der Waals surface area contributed by atoms with E-state index >= 15 is 0 Å². The molecule has 0 aliphatic carbocycles. The Kier molecular flexibility index (Phi) is 8.78. The second-order valence-electron chi connectivity index (χ2n) is 8.91. The minimum Gasteiger partial charge on any atom is -0.491 e. The molecule has 2 aromatic rings. The zero-order chi connectivity index (χ0) is 24.0. The van der Waals surface area contributed by atoms with Gasteiger partial charge in [-0.25, -0.2) is 4.79 Å². The Morgan fingerprint density at radius 1 is 1.18 bits per heavy atom. The van der Waals surface area contributed by atoms with Crippen molar-refractivity contribution in [1.82, 2.24) is 15.1 Å². The highest BCUT2D eigenvalue weighted by Crippen LogP contribution is 2.34. The Bertz CT molecular complexity index is 925. The van der Waals surface area contributed by atoms with Crippen molar-refractivity contribution in [3.8, 4) is 5.75 Å². The van der Waals surface area contributed by atoms with Crippen molar-refractivity contribution in [2.45, 2.75) is 65.5 Å². The minimum absolute atomic E-state index is 0.0174. The molecule has 0 saturated carbocycles. The van der Waals surface area contributed by atoms with Gasteiger partial charge in [-0.2, -0.15) is 0 Å². The van der Waals surface area contributed by atoms with Crippen molar-refractivity contribution < 1.29 is 14.3 Å². The lowest BCUT2D eigenvalue weighted by Crippen LogP contribution is -2.52. The van der Waals surface area contributed by atoms with Crippen molar-refractivity contribution in [1.29, 1.82) is 0 Å². The molecule has 6 nitrogen and oxygen atoms in total. The third-order valence-electron chi connectivity index (χ3n) is 6.39. The number of ether oxygens (including phenoxy) is 1. The molecule has 0 radical (unpaired) electrons. The number of hydrogen-bond donors (Lipinski definition) is 1. The van der Waals surface area contributed by atoms with Gasteiger partial charge in [0.15, 0.2) is 0 Å². The summed E-state index contributed by atoms with van der Waals surface area (Å²) in [5, 5.41) is 4.93. The van der Waals surface area contributed by atoms with Crippen LogP contribution in [0, 0.1) is 0 Å². The number of hydrogen-bond acceptors (Lipinski definition) is 4. The number of benzene rings is 1. The summed E-state index contributed by atoms with van der Waals surface area (Å²) in [5.41, 5.74) is 2.43. The molecule has 3 amide bonds. The maximum Gasteiger partial charge on any atom is 0.318 e. The van der Waals surface area contributed by atoms with Crippen LogP contribution in [-0.2, 0) is 11.2 Å². The van der Waals surface area contributed by atoms with Crippen LogP contribution in [0.3, 0.4) is 0 Å². The zero-order valence-electron chi connectivity index (χ0n) is 20.5. The third-order valence-corrected chi connectivity index (χ3v) is 7.38. The van der Waals surface area contributed by atoms with E-state index < -0.39 is 0 Å². The lowest BCUT2D eigenvalue weighted by atomic mass is 10.00. The first-order valence-corrected chi connectivity index (χ1v) is 12.9. The van der Waals surface area contributed by atoms with Gasteiger partial charge >= 0.3 is 6.03 Å². The monoisotopic (exact) mass is 471 g/mol. The molecule has 1 aliphatic rings. The van der Waals surface area contributed by atoms with Crippen LogP contribution in [0.2, 0.25) is 0 Å². The second-order valence-corrected chi connectivity index (χ2v) is 9.91. The summed E-state index contributed by atoms with van der Waals surface area (Å²) in [7, 11) is 0. The molecule has 0 saturated heterocycles. The molecule has 180 valence electrons. The molecule has 1 N–H and O–H groups in total. The van der Waals surface area contributed by atoms with E-state index in [9.17, 15) is 9.59 Å². The number of fused-ring (bicyclic) bond motifs is 1. The first-order valence-electron chi connectivity index (χ1n) is 12.0. The lowest BCUT2D eigenvalue weighted by Gasteiger charge is -2.38. The van der Waals surface area contributed by atoms with E-state index in [0.717, 1.165) is 24.2 Å². The van der Waals surface area contributed by atoms with E-state index in [-0.39, 0.29) is 30.6 Å². The molecule has 2 heterocycles. The molecule has 2 unspecified atom stereocenters. The van der Waals surface area contributed by atoms with E-state index in [1.165, 1.54) is 10.4 Å². The number of amides is 3. The van der Waals surface area contributed by atoms with Crippen LogP contribution in [0.25, 0.3) is 0 Å². The van der Waals surface area contributed by atoms with Gasteiger partial charge in [0.2, 0.25) is 5.91 Å². The highest BCUT2D eigenvalue weighted by molar-refractivity contribution is 7.10. The molecule has 1 aromatic heterocycles. The van der Waals surface area contributed by atoms with Gasteiger partial charge in [0, 0.05) is 24.0 Å². The predicted molar refractivity (Wildman–Crippen MR) is 134 cm³/mol. The van der Waals surface area contributed by atoms with E-state index in [2.05, 4.69) is 42.7 Å². The summed E-state index contributed by atoms with van der Waals surface area (Å²) < 4.78 is 6.16. The molecule has 3 rings (SSSR count). The Labute approximate surface area is 201 Å². The maximum absolute atomic E-state index is 13.5. The first kappa shape index (κ1) is 25.1. The quantitative estimate of drug-likeness (QED) is 0.546. The van der Waals surface area contributed by atoms with Crippen LogP contribution in [0.4, 0.5) is 4.79 Å². The second kappa shape index (κ2) is 11.5. The van der Waals surface area contributed by atoms with Crippen LogP contribution in [0.15, 0.2) is 35.7 Å². The molecule has 1 aliphatic heterocycles. The van der Waals surface area contributed by atoms with Crippen molar-refractivity contribution in [2.75, 3.05) is 26.2 Å². The summed E-state index contributed by atoms with van der Waals surface area (Å²) in [6, 6.07) is 9.92. The highest BCUT2D eigenvalue weighted by atomic mass is 32.1. The summed E-state index contributed by atoms with van der Waals surface area (Å²) >= 11 is 1.74. The van der Waals surface area contributed by atoms with Crippen LogP contribution < -0.4 is 10.1 Å². The van der Waals surface area contributed by atoms with Crippen molar-refractivity contribution in [2.24, 2.45) is 0 Å². The van der Waals surface area contributed by atoms with Gasteiger partial charge in [0.05, 0.1) is 6.04 Å². The molecule has 0 fully saturated rings. The number of carbonyl (C=O) groups excluding carboxylic acids is 2. The van der Waals surface area contributed by atoms with Gasteiger partial charge in [-0.05, 0) is 67.3 Å². The van der Waals surface area contributed by atoms with Gasteiger partial charge in [-0.1, -0.05) is 32.9 Å². The largest absolute Gasteiger partial charge is 0.491 e. The van der Waals surface area contributed by atoms with Crippen LogP contribution >= 0.6 is 11.3 Å². The molecule has 2 atom stereocenters. The maximum atomic E-state index is 13.5. The van der Waals surface area contributed by atoms with E-state index in [1.54, 1.807) is 16.2 Å². The summed E-state index contributed by atoms with van der Waals surface area (Å²) in [6.07, 6.45) is 1.63.